The number of non-ortho nitro benzene ring substituents is 1. The zero-order valence-corrected chi connectivity index (χ0v) is 16.1. The number of aryl methyl sites for hydroxylation is 1. The van der Waals surface area contributed by atoms with Crippen LogP contribution in [0, 0.1) is 10.1 Å². The highest BCUT2D eigenvalue weighted by molar-refractivity contribution is 6.07. The summed E-state index contributed by atoms with van der Waals surface area (Å²) in [5.74, 6) is 0.0874. The van der Waals surface area contributed by atoms with E-state index in [2.05, 4.69) is 5.32 Å². The lowest BCUT2D eigenvalue weighted by Crippen LogP contribution is -2.46. The number of carbonyl (C=O) groups is 2. The van der Waals surface area contributed by atoms with Gasteiger partial charge in [0.1, 0.15) is 11.3 Å². The van der Waals surface area contributed by atoms with Gasteiger partial charge in [0.25, 0.3) is 11.6 Å². The van der Waals surface area contributed by atoms with Gasteiger partial charge in [-0.15, -0.1) is 0 Å². The van der Waals surface area contributed by atoms with E-state index in [0.717, 1.165) is 28.9 Å². The average molecular weight is 409 g/mol. The van der Waals surface area contributed by atoms with Crippen molar-refractivity contribution in [1.29, 1.82) is 0 Å². The third-order valence-corrected chi connectivity index (χ3v) is 5.96. The Morgan fingerprint density at radius 3 is 2.87 bits per heavy atom. The SMILES string of the molecule is O=C1N[C@]2(CCCc3ccccc32)C(=O)N1Cc1cc([N+](=O)[O-])cc2c1OCOC2. The molecular weight excluding hydrogens is 390 g/mol. The molecule has 0 unspecified atom stereocenters. The molecular formula is C21H19N3O6. The third-order valence-electron chi connectivity index (χ3n) is 5.96. The van der Waals surface area contributed by atoms with Gasteiger partial charge in [-0.3, -0.25) is 19.8 Å². The first-order valence-corrected chi connectivity index (χ1v) is 9.73. The summed E-state index contributed by atoms with van der Waals surface area (Å²) < 4.78 is 10.8. The second-order valence-corrected chi connectivity index (χ2v) is 7.70. The zero-order valence-electron chi connectivity index (χ0n) is 16.1. The molecule has 1 fully saturated rings. The number of carbonyl (C=O) groups excluding carboxylic acids is 2. The third kappa shape index (κ3) is 2.73. The molecule has 2 aliphatic heterocycles. The highest BCUT2D eigenvalue weighted by atomic mass is 16.7. The van der Waals surface area contributed by atoms with E-state index in [4.69, 9.17) is 9.47 Å². The lowest BCUT2D eigenvalue weighted by Gasteiger charge is -2.33. The first-order chi connectivity index (χ1) is 14.5. The molecule has 30 heavy (non-hydrogen) atoms. The van der Waals surface area contributed by atoms with Gasteiger partial charge in [0.15, 0.2) is 6.79 Å². The summed E-state index contributed by atoms with van der Waals surface area (Å²) in [6.45, 7) is 0.0648. The second-order valence-electron chi connectivity index (χ2n) is 7.70. The number of nitrogens with zero attached hydrogens (tertiary/aromatic N) is 2. The number of fused-ring (bicyclic) bond motifs is 3. The summed E-state index contributed by atoms with van der Waals surface area (Å²) in [6.07, 6.45) is 2.15. The van der Waals surface area contributed by atoms with Crippen LogP contribution in [0.25, 0.3) is 0 Å². The van der Waals surface area contributed by atoms with Gasteiger partial charge in [0, 0.05) is 23.3 Å². The molecule has 3 aliphatic rings. The number of amides is 3. The van der Waals surface area contributed by atoms with E-state index in [1.54, 1.807) is 0 Å². The van der Waals surface area contributed by atoms with Crippen LogP contribution in [-0.2, 0) is 34.6 Å². The molecule has 2 heterocycles. The molecule has 5 rings (SSSR count). The molecule has 1 spiro atoms. The molecule has 0 bridgehead atoms. The number of rotatable bonds is 3. The van der Waals surface area contributed by atoms with Crippen LogP contribution in [-0.4, -0.2) is 28.6 Å². The van der Waals surface area contributed by atoms with Crippen molar-refractivity contribution in [1.82, 2.24) is 10.2 Å². The molecule has 0 saturated carbocycles. The topological polar surface area (TPSA) is 111 Å². The molecule has 9 nitrogen and oxygen atoms in total. The Balaban J connectivity index is 1.53. The molecule has 1 atom stereocenters. The smallest absolute Gasteiger partial charge is 0.325 e. The van der Waals surface area contributed by atoms with E-state index < -0.39 is 16.5 Å². The zero-order chi connectivity index (χ0) is 20.9. The number of nitro benzene ring substituents is 1. The fourth-order valence-electron chi connectivity index (χ4n) is 4.63. The van der Waals surface area contributed by atoms with Crippen molar-refractivity contribution in [3.05, 3.63) is 68.8 Å². The molecule has 2 aromatic rings. The number of nitrogens with one attached hydrogen (secondary N) is 1. The molecule has 3 amide bonds. The Morgan fingerprint density at radius 2 is 2.03 bits per heavy atom. The standard InChI is InChI=1S/C21H19N3O6/c25-19-21(7-3-5-13-4-1-2-6-17(13)21)22-20(26)23(19)10-14-8-16(24(27)28)9-15-11-29-12-30-18(14)15/h1-2,4,6,8-9H,3,5,7,10-12H2,(H,22,26)/t21-/m0/s1. The van der Waals surface area contributed by atoms with Crippen molar-refractivity contribution < 1.29 is 24.0 Å². The Bertz CT molecular complexity index is 1080. The highest BCUT2D eigenvalue weighted by Crippen LogP contribution is 2.41. The highest BCUT2D eigenvalue weighted by Gasteiger charge is 2.54. The van der Waals surface area contributed by atoms with Gasteiger partial charge in [-0.25, -0.2) is 4.79 Å². The summed E-state index contributed by atoms with van der Waals surface area (Å²) >= 11 is 0. The normalized spacial score (nSPS) is 22.3. The van der Waals surface area contributed by atoms with Crippen molar-refractivity contribution in [2.24, 2.45) is 0 Å². The van der Waals surface area contributed by atoms with Crippen LogP contribution < -0.4 is 10.1 Å². The minimum absolute atomic E-state index is 0.00919. The molecule has 1 N–H and O–H groups in total. The van der Waals surface area contributed by atoms with Crippen LogP contribution in [0.5, 0.6) is 5.75 Å². The number of benzene rings is 2. The van der Waals surface area contributed by atoms with Crippen molar-refractivity contribution in [3.63, 3.8) is 0 Å². The Morgan fingerprint density at radius 1 is 1.20 bits per heavy atom. The maximum atomic E-state index is 13.5. The molecule has 154 valence electrons. The van der Waals surface area contributed by atoms with E-state index in [1.165, 1.54) is 12.1 Å². The second kappa shape index (κ2) is 6.81. The average Bonchev–Trinajstić information content (AvgIpc) is 2.98. The number of ether oxygens (including phenoxy) is 2. The molecule has 2 aromatic carbocycles. The van der Waals surface area contributed by atoms with Crippen LogP contribution in [0.2, 0.25) is 0 Å². The predicted octanol–water partition coefficient (Wildman–Crippen LogP) is 2.74. The minimum atomic E-state index is -1.09. The van der Waals surface area contributed by atoms with E-state index in [-0.39, 0.29) is 31.5 Å². The number of hydrogen-bond donors (Lipinski definition) is 1. The number of hydrogen-bond acceptors (Lipinski definition) is 6. The van der Waals surface area contributed by atoms with Gasteiger partial charge in [-0.2, -0.15) is 0 Å². The fraction of sp³-hybridized carbons (Fsp3) is 0.333. The van der Waals surface area contributed by atoms with Gasteiger partial charge < -0.3 is 14.8 Å². The number of urea groups is 1. The van der Waals surface area contributed by atoms with Crippen molar-refractivity contribution in [2.75, 3.05) is 6.79 Å². The monoisotopic (exact) mass is 409 g/mol. The lowest BCUT2D eigenvalue weighted by atomic mass is 9.76. The molecule has 1 saturated heterocycles. The first-order valence-electron chi connectivity index (χ1n) is 9.73. The van der Waals surface area contributed by atoms with Gasteiger partial charge in [0.05, 0.1) is 18.1 Å². The van der Waals surface area contributed by atoms with E-state index in [1.807, 2.05) is 24.3 Å². The summed E-state index contributed by atoms with van der Waals surface area (Å²) in [4.78, 5) is 38.3. The number of imide groups is 1. The summed E-state index contributed by atoms with van der Waals surface area (Å²) in [7, 11) is 0. The molecule has 9 heteroatoms. The minimum Gasteiger partial charge on any atom is -0.467 e. The quantitative estimate of drug-likeness (QED) is 0.474. The van der Waals surface area contributed by atoms with Gasteiger partial charge in [-0.1, -0.05) is 24.3 Å². The Kier molecular flexibility index (Phi) is 4.21. The Labute approximate surface area is 171 Å². The van der Waals surface area contributed by atoms with Crippen LogP contribution >= 0.6 is 0 Å². The largest absolute Gasteiger partial charge is 0.467 e. The Hall–Kier alpha value is -3.46. The number of nitro groups is 1. The maximum absolute atomic E-state index is 13.5. The van der Waals surface area contributed by atoms with Crippen molar-refractivity contribution in [3.8, 4) is 5.75 Å². The van der Waals surface area contributed by atoms with Crippen LogP contribution in [0.3, 0.4) is 0 Å². The maximum Gasteiger partial charge on any atom is 0.325 e. The summed E-state index contributed by atoms with van der Waals surface area (Å²) in [6, 6.07) is 9.87. The molecule has 0 aromatic heterocycles. The fourth-order valence-corrected chi connectivity index (χ4v) is 4.63. The van der Waals surface area contributed by atoms with Crippen molar-refractivity contribution in [2.45, 2.75) is 38.0 Å². The van der Waals surface area contributed by atoms with E-state index >= 15 is 0 Å². The van der Waals surface area contributed by atoms with E-state index in [9.17, 15) is 19.7 Å². The molecule has 0 radical (unpaired) electrons. The van der Waals surface area contributed by atoms with Crippen LogP contribution in [0.4, 0.5) is 10.5 Å². The first kappa shape index (κ1) is 18.6. The molecule has 1 aliphatic carbocycles. The van der Waals surface area contributed by atoms with E-state index in [0.29, 0.717) is 23.3 Å². The van der Waals surface area contributed by atoms with Gasteiger partial charge in [0.2, 0.25) is 0 Å². The van der Waals surface area contributed by atoms with Crippen LogP contribution in [0.1, 0.15) is 35.1 Å². The summed E-state index contributed by atoms with van der Waals surface area (Å²) in [5, 5.41) is 14.2. The lowest BCUT2D eigenvalue weighted by molar-refractivity contribution is -0.385. The van der Waals surface area contributed by atoms with Gasteiger partial charge >= 0.3 is 6.03 Å². The van der Waals surface area contributed by atoms with Crippen molar-refractivity contribution >= 4 is 17.6 Å². The summed E-state index contributed by atoms with van der Waals surface area (Å²) in [5.41, 5.74) is 1.58. The van der Waals surface area contributed by atoms with Crippen LogP contribution in [0.15, 0.2) is 36.4 Å². The predicted molar refractivity (Wildman–Crippen MR) is 104 cm³/mol. The van der Waals surface area contributed by atoms with Gasteiger partial charge in [-0.05, 0) is 30.4 Å².